The Bertz CT molecular complexity index is 424. The lowest BCUT2D eigenvalue weighted by Gasteiger charge is -2.12. The van der Waals surface area contributed by atoms with Gasteiger partial charge in [-0.05, 0) is 6.07 Å². The van der Waals surface area contributed by atoms with Crippen LogP contribution in [-0.2, 0) is 16.0 Å². The van der Waals surface area contributed by atoms with Gasteiger partial charge in [-0.15, -0.1) is 0 Å². The standard InChI is InChI=1S/C10H8Cl2F2O3/c1-16-7(15)4-5-2-3-6(11)8(12)9(5)17-10(13)14/h2-3,10H,4H2,1H3. The van der Waals surface area contributed by atoms with Gasteiger partial charge in [-0.1, -0.05) is 29.3 Å². The van der Waals surface area contributed by atoms with Crippen LogP contribution >= 0.6 is 23.2 Å². The molecule has 0 unspecified atom stereocenters. The topological polar surface area (TPSA) is 35.5 Å². The highest BCUT2D eigenvalue weighted by atomic mass is 35.5. The zero-order valence-corrected chi connectivity index (χ0v) is 10.2. The lowest BCUT2D eigenvalue weighted by atomic mass is 10.1. The Morgan fingerprint density at radius 3 is 2.59 bits per heavy atom. The Kier molecular flexibility index (Phi) is 4.96. The highest BCUT2D eigenvalue weighted by Crippen LogP contribution is 2.36. The van der Waals surface area contributed by atoms with Gasteiger partial charge in [0.25, 0.3) is 0 Å². The minimum absolute atomic E-state index is 0.0657. The summed E-state index contributed by atoms with van der Waals surface area (Å²) in [5.41, 5.74) is 0.187. The van der Waals surface area contributed by atoms with E-state index in [0.29, 0.717) is 0 Å². The third-order valence-corrected chi connectivity index (χ3v) is 2.69. The summed E-state index contributed by atoms with van der Waals surface area (Å²) in [6.45, 7) is -3.05. The van der Waals surface area contributed by atoms with Crippen LogP contribution in [0.4, 0.5) is 8.78 Å². The van der Waals surface area contributed by atoms with E-state index in [0.717, 1.165) is 0 Å². The highest BCUT2D eigenvalue weighted by Gasteiger charge is 2.18. The number of benzene rings is 1. The van der Waals surface area contributed by atoms with E-state index in [2.05, 4.69) is 9.47 Å². The van der Waals surface area contributed by atoms with E-state index >= 15 is 0 Å². The number of ether oxygens (including phenoxy) is 2. The summed E-state index contributed by atoms with van der Waals surface area (Å²) >= 11 is 11.4. The molecule has 3 nitrogen and oxygen atoms in total. The molecule has 0 heterocycles. The lowest BCUT2D eigenvalue weighted by molar-refractivity contribution is -0.139. The molecule has 0 fully saturated rings. The molecule has 0 saturated heterocycles. The number of hydrogen-bond acceptors (Lipinski definition) is 3. The summed E-state index contributed by atoms with van der Waals surface area (Å²) in [5.74, 6) is -0.901. The first-order valence-corrected chi connectivity index (χ1v) is 5.19. The van der Waals surface area contributed by atoms with E-state index in [9.17, 15) is 13.6 Å². The lowest BCUT2D eigenvalue weighted by Crippen LogP contribution is -2.09. The molecule has 1 aromatic carbocycles. The quantitative estimate of drug-likeness (QED) is 0.796. The fraction of sp³-hybridized carbons (Fsp3) is 0.300. The third kappa shape index (κ3) is 3.71. The largest absolute Gasteiger partial charge is 0.469 e. The van der Waals surface area contributed by atoms with E-state index in [-0.39, 0.29) is 27.8 Å². The Labute approximate surface area is 106 Å². The fourth-order valence-corrected chi connectivity index (χ4v) is 1.53. The summed E-state index contributed by atoms with van der Waals surface area (Å²) in [5, 5.41) is -0.0932. The van der Waals surface area contributed by atoms with Crippen LogP contribution in [0.2, 0.25) is 10.0 Å². The number of rotatable bonds is 4. The molecule has 1 aromatic rings. The van der Waals surface area contributed by atoms with Crippen molar-refractivity contribution in [1.29, 1.82) is 0 Å². The second-order valence-electron chi connectivity index (χ2n) is 2.98. The number of carbonyl (C=O) groups excluding carboxylic acids is 1. The molecule has 0 atom stereocenters. The molecule has 0 spiro atoms. The van der Waals surface area contributed by atoms with Crippen LogP contribution in [0.15, 0.2) is 12.1 Å². The average Bonchev–Trinajstić information content (AvgIpc) is 2.28. The summed E-state index contributed by atoms with van der Waals surface area (Å²) in [6.07, 6.45) is -0.227. The van der Waals surface area contributed by atoms with Crippen molar-refractivity contribution >= 4 is 29.2 Å². The zero-order chi connectivity index (χ0) is 13.0. The first kappa shape index (κ1) is 14.0. The number of esters is 1. The third-order valence-electron chi connectivity index (χ3n) is 1.90. The Hall–Kier alpha value is -1.07. The first-order valence-electron chi connectivity index (χ1n) is 4.44. The number of carbonyl (C=O) groups is 1. The Morgan fingerprint density at radius 2 is 2.06 bits per heavy atom. The molecule has 17 heavy (non-hydrogen) atoms. The van der Waals surface area contributed by atoms with E-state index in [4.69, 9.17) is 23.2 Å². The van der Waals surface area contributed by atoms with E-state index in [1.54, 1.807) is 0 Å². The van der Waals surface area contributed by atoms with Gasteiger partial charge in [0, 0.05) is 5.56 Å². The molecule has 0 bridgehead atoms. The molecule has 0 saturated carbocycles. The molecule has 0 amide bonds. The van der Waals surface area contributed by atoms with Gasteiger partial charge in [-0.25, -0.2) is 0 Å². The molecule has 94 valence electrons. The number of halogens is 4. The van der Waals surface area contributed by atoms with E-state index in [1.165, 1.54) is 19.2 Å². The SMILES string of the molecule is COC(=O)Cc1ccc(Cl)c(Cl)c1OC(F)F. The van der Waals surface area contributed by atoms with Crippen molar-refractivity contribution in [2.24, 2.45) is 0 Å². The predicted molar refractivity (Wildman–Crippen MR) is 58.8 cm³/mol. The van der Waals surface area contributed by atoms with Gasteiger partial charge in [0.1, 0.15) is 10.8 Å². The summed E-state index contributed by atoms with van der Waals surface area (Å²) in [4.78, 5) is 11.1. The van der Waals surface area contributed by atoms with Gasteiger partial charge in [-0.2, -0.15) is 8.78 Å². The molecule has 0 aliphatic heterocycles. The van der Waals surface area contributed by atoms with E-state index < -0.39 is 12.6 Å². The molecule has 0 radical (unpaired) electrons. The zero-order valence-electron chi connectivity index (χ0n) is 8.68. The van der Waals surface area contributed by atoms with Gasteiger partial charge < -0.3 is 9.47 Å². The minimum Gasteiger partial charge on any atom is -0.469 e. The second kappa shape index (κ2) is 6.02. The molecule has 1 rings (SSSR count). The van der Waals surface area contributed by atoms with Gasteiger partial charge >= 0.3 is 12.6 Å². The van der Waals surface area contributed by atoms with Crippen LogP contribution in [0.25, 0.3) is 0 Å². The molecular formula is C10H8Cl2F2O3. The maximum absolute atomic E-state index is 12.2. The maximum Gasteiger partial charge on any atom is 0.387 e. The van der Waals surface area contributed by atoms with Crippen molar-refractivity contribution in [3.63, 3.8) is 0 Å². The molecule has 0 N–H and O–H groups in total. The van der Waals surface area contributed by atoms with Crippen molar-refractivity contribution < 1.29 is 23.0 Å². The molecule has 0 aromatic heterocycles. The van der Waals surface area contributed by atoms with Crippen LogP contribution in [0.1, 0.15) is 5.56 Å². The monoisotopic (exact) mass is 284 g/mol. The van der Waals surface area contributed by atoms with Crippen LogP contribution in [0, 0.1) is 0 Å². The summed E-state index contributed by atoms with van der Waals surface area (Å²) in [7, 11) is 1.19. The summed E-state index contributed by atoms with van der Waals surface area (Å²) < 4.78 is 33.1. The van der Waals surface area contributed by atoms with E-state index in [1.807, 2.05) is 0 Å². The number of methoxy groups -OCH3 is 1. The first-order chi connectivity index (χ1) is 7.95. The fourth-order valence-electron chi connectivity index (χ4n) is 1.16. The van der Waals surface area contributed by atoms with Gasteiger partial charge in [0.15, 0.2) is 0 Å². The van der Waals surface area contributed by atoms with Gasteiger partial charge in [0.2, 0.25) is 0 Å². The van der Waals surface area contributed by atoms with Crippen molar-refractivity contribution in [3.8, 4) is 5.75 Å². The molecule has 7 heteroatoms. The second-order valence-corrected chi connectivity index (χ2v) is 3.77. The van der Waals surface area contributed by atoms with Gasteiger partial charge in [0.05, 0.1) is 18.6 Å². The molecular weight excluding hydrogens is 277 g/mol. The Balaban J connectivity index is 3.10. The van der Waals surface area contributed by atoms with Gasteiger partial charge in [-0.3, -0.25) is 4.79 Å². The van der Waals surface area contributed by atoms with Crippen molar-refractivity contribution in [1.82, 2.24) is 0 Å². The van der Waals surface area contributed by atoms with Crippen LogP contribution in [0.3, 0.4) is 0 Å². The highest BCUT2D eigenvalue weighted by molar-refractivity contribution is 6.43. The Morgan fingerprint density at radius 1 is 1.41 bits per heavy atom. The molecule has 0 aliphatic rings. The van der Waals surface area contributed by atoms with Crippen LogP contribution in [-0.4, -0.2) is 19.7 Å². The average molecular weight is 285 g/mol. The molecule has 0 aliphatic carbocycles. The minimum atomic E-state index is -3.05. The smallest absolute Gasteiger partial charge is 0.387 e. The predicted octanol–water partition coefficient (Wildman–Crippen LogP) is 3.31. The van der Waals surface area contributed by atoms with Crippen molar-refractivity contribution in [2.45, 2.75) is 13.0 Å². The number of hydrogen-bond donors (Lipinski definition) is 0. The normalized spacial score (nSPS) is 10.5. The maximum atomic E-state index is 12.2. The number of alkyl halides is 2. The van der Waals surface area contributed by atoms with Crippen LogP contribution < -0.4 is 4.74 Å². The van der Waals surface area contributed by atoms with Crippen molar-refractivity contribution in [2.75, 3.05) is 7.11 Å². The van der Waals surface area contributed by atoms with Crippen LogP contribution in [0.5, 0.6) is 5.75 Å². The summed E-state index contributed by atoms with van der Waals surface area (Å²) in [6, 6.07) is 2.77. The van der Waals surface area contributed by atoms with Crippen molar-refractivity contribution in [3.05, 3.63) is 27.7 Å².